The van der Waals surface area contributed by atoms with Gasteiger partial charge in [-0.1, -0.05) is 104 Å². The summed E-state index contributed by atoms with van der Waals surface area (Å²) in [6.07, 6.45) is 0.818. The van der Waals surface area contributed by atoms with Gasteiger partial charge in [0, 0.05) is 27.3 Å². The number of carbonyl (C=O) groups excluding carboxylic acids is 1. The van der Waals surface area contributed by atoms with Crippen molar-refractivity contribution in [2.75, 3.05) is 60.8 Å². The monoisotopic (exact) mass is 684 g/mol. The van der Waals surface area contributed by atoms with E-state index in [1.165, 1.54) is 0 Å². The van der Waals surface area contributed by atoms with Gasteiger partial charge in [-0.2, -0.15) is 0 Å². The van der Waals surface area contributed by atoms with Crippen molar-refractivity contribution in [1.82, 2.24) is 9.80 Å². The van der Waals surface area contributed by atoms with Crippen LogP contribution in [-0.2, 0) is 47.8 Å². The van der Waals surface area contributed by atoms with E-state index in [9.17, 15) is 0 Å². The summed E-state index contributed by atoms with van der Waals surface area (Å²) in [5.41, 5.74) is 3.25. The summed E-state index contributed by atoms with van der Waals surface area (Å²) in [4.78, 5) is 19.2. The SMILES string of the molecule is CCCN1C(=O)N(Cc2ccc3ccccc3c2)[C@H](Cc2ccccc2)[C@H](OCOCCOC)[C@@H](OCOCCOC)[C@H]1Cc1ccccc1. The molecule has 0 spiro atoms. The van der Waals surface area contributed by atoms with Gasteiger partial charge < -0.3 is 38.2 Å². The number of amides is 2. The van der Waals surface area contributed by atoms with Crippen LogP contribution >= 0.6 is 0 Å². The lowest BCUT2D eigenvalue weighted by Gasteiger charge is -2.38. The van der Waals surface area contributed by atoms with E-state index in [0.29, 0.717) is 52.4 Å². The molecule has 0 bridgehead atoms. The van der Waals surface area contributed by atoms with Crippen LogP contribution in [0.25, 0.3) is 10.8 Å². The third-order valence-corrected chi connectivity index (χ3v) is 9.13. The Bertz CT molecular complexity index is 1560. The van der Waals surface area contributed by atoms with E-state index in [4.69, 9.17) is 28.4 Å². The molecule has 4 atom stereocenters. The summed E-state index contributed by atoms with van der Waals surface area (Å²) < 4.78 is 35.7. The fraction of sp³-hybridized carbons (Fsp3) is 0.439. The molecule has 1 aliphatic heterocycles. The Morgan fingerprint density at radius 1 is 0.580 bits per heavy atom. The van der Waals surface area contributed by atoms with Gasteiger partial charge >= 0.3 is 6.03 Å². The highest BCUT2D eigenvalue weighted by molar-refractivity contribution is 5.83. The Morgan fingerprint density at radius 2 is 1.10 bits per heavy atom. The Balaban J connectivity index is 1.61. The highest BCUT2D eigenvalue weighted by Gasteiger charge is 2.48. The minimum atomic E-state index is -0.566. The first-order valence-corrected chi connectivity index (χ1v) is 17.6. The zero-order valence-corrected chi connectivity index (χ0v) is 29.7. The molecule has 0 aliphatic carbocycles. The van der Waals surface area contributed by atoms with Crippen LogP contribution < -0.4 is 0 Å². The first-order chi connectivity index (χ1) is 24.6. The van der Waals surface area contributed by atoms with Crippen LogP contribution in [0.2, 0.25) is 0 Å². The van der Waals surface area contributed by atoms with Crippen molar-refractivity contribution >= 4 is 16.8 Å². The standard InChI is InChI=1S/C41H52N2O7/c1-4-21-42-37(27-32-13-7-5-8-14-32)39(49-30-47-24-22-45-2)40(50-31-48-25-23-46-3)38(28-33-15-9-6-10-16-33)43(41(42)44)29-34-19-20-35-17-11-12-18-36(35)26-34/h5-20,26,37-40H,4,21-25,27-31H2,1-3H3/t37-,38-,39+,40+/m1/s1. The van der Waals surface area contributed by atoms with Crippen molar-refractivity contribution in [3.05, 3.63) is 120 Å². The predicted molar refractivity (Wildman–Crippen MR) is 195 cm³/mol. The van der Waals surface area contributed by atoms with Gasteiger partial charge in [-0.15, -0.1) is 0 Å². The van der Waals surface area contributed by atoms with E-state index in [1.807, 2.05) is 58.3 Å². The van der Waals surface area contributed by atoms with Gasteiger partial charge in [-0.05, 0) is 52.8 Å². The quantitative estimate of drug-likeness (QED) is 0.0756. The van der Waals surface area contributed by atoms with Crippen LogP contribution in [0.3, 0.4) is 0 Å². The number of carbonyl (C=O) groups is 1. The third kappa shape index (κ3) is 10.4. The molecule has 0 radical (unpaired) electrons. The van der Waals surface area contributed by atoms with Crippen molar-refractivity contribution in [2.24, 2.45) is 0 Å². The van der Waals surface area contributed by atoms with Crippen molar-refractivity contribution in [2.45, 2.75) is 57.0 Å². The second kappa shape index (κ2) is 20.1. The Labute approximate surface area is 297 Å². The lowest BCUT2D eigenvalue weighted by Crippen LogP contribution is -2.53. The number of fused-ring (bicyclic) bond motifs is 1. The van der Waals surface area contributed by atoms with E-state index in [0.717, 1.165) is 33.9 Å². The smallest absolute Gasteiger partial charge is 0.321 e. The first-order valence-electron chi connectivity index (χ1n) is 17.6. The van der Waals surface area contributed by atoms with Gasteiger partial charge in [0.2, 0.25) is 0 Å². The van der Waals surface area contributed by atoms with Crippen LogP contribution in [0, 0.1) is 0 Å². The molecular weight excluding hydrogens is 632 g/mol. The van der Waals surface area contributed by atoms with E-state index < -0.39 is 18.2 Å². The highest BCUT2D eigenvalue weighted by Crippen LogP contribution is 2.32. The van der Waals surface area contributed by atoms with E-state index in [-0.39, 0.29) is 25.7 Å². The second-order valence-electron chi connectivity index (χ2n) is 12.6. The summed E-state index contributed by atoms with van der Waals surface area (Å²) in [5.74, 6) is 0. The lowest BCUT2D eigenvalue weighted by atomic mass is 9.90. The Hall–Kier alpha value is -3.83. The number of hydrogen-bond acceptors (Lipinski definition) is 7. The van der Waals surface area contributed by atoms with Crippen LogP contribution in [0.4, 0.5) is 4.79 Å². The van der Waals surface area contributed by atoms with E-state index in [2.05, 4.69) is 61.5 Å². The zero-order chi connectivity index (χ0) is 35.0. The zero-order valence-electron chi connectivity index (χ0n) is 29.7. The number of nitrogens with zero attached hydrogens (tertiary/aromatic N) is 2. The summed E-state index contributed by atoms with van der Waals surface area (Å²) in [7, 11) is 3.29. The molecule has 1 aliphatic rings. The number of methoxy groups -OCH3 is 2. The maximum absolute atomic E-state index is 15.2. The number of ether oxygens (including phenoxy) is 6. The maximum atomic E-state index is 15.2. The molecular formula is C41H52N2O7. The average molecular weight is 685 g/mol. The summed E-state index contributed by atoms with van der Waals surface area (Å²) >= 11 is 0. The summed E-state index contributed by atoms with van der Waals surface area (Å²) in [5, 5.41) is 2.29. The first kappa shape index (κ1) is 37.4. The molecule has 1 saturated heterocycles. The van der Waals surface area contributed by atoms with Crippen molar-refractivity contribution in [1.29, 1.82) is 0 Å². The molecule has 0 saturated carbocycles. The molecule has 1 heterocycles. The predicted octanol–water partition coefficient (Wildman–Crippen LogP) is 6.72. The molecule has 9 heteroatoms. The topological polar surface area (TPSA) is 78.9 Å². The van der Waals surface area contributed by atoms with Crippen LogP contribution in [0.5, 0.6) is 0 Å². The highest BCUT2D eigenvalue weighted by atomic mass is 16.7. The van der Waals surface area contributed by atoms with E-state index >= 15 is 4.79 Å². The van der Waals surface area contributed by atoms with Crippen LogP contribution in [0.15, 0.2) is 103 Å². The number of benzene rings is 4. The Morgan fingerprint density at radius 3 is 1.64 bits per heavy atom. The number of urea groups is 1. The molecule has 0 unspecified atom stereocenters. The van der Waals surface area contributed by atoms with Crippen molar-refractivity contribution in [3.63, 3.8) is 0 Å². The number of hydrogen-bond donors (Lipinski definition) is 0. The van der Waals surface area contributed by atoms with Crippen molar-refractivity contribution in [3.8, 4) is 0 Å². The molecule has 4 aromatic rings. The minimum Gasteiger partial charge on any atom is -0.382 e. The molecule has 0 N–H and O–H groups in total. The molecule has 5 rings (SSSR count). The average Bonchev–Trinajstić information content (AvgIpc) is 3.22. The normalized spacial score (nSPS) is 19.6. The molecule has 1 fully saturated rings. The third-order valence-electron chi connectivity index (χ3n) is 9.13. The number of rotatable bonds is 20. The molecule has 268 valence electrons. The maximum Gasteiger partial charge on any atom is 0.321 e. The van der Waals surface area contributed by atoms with Gasteiger partial charge in [0.05, 0.1) is 38.5 Å². The van der Waals surface area contributed by atoms with Crippen molar-refractivity contribution < 1.29 is 33.2 Å². The lowest BCUT2D eigenvalue weighted by molar-refractivity contribution is -0.191. The molecule has 50 heavy (non-hydrogen) atoms. The van der Waals surface area contributed by atoms with Crippen LogP contribution in [0.1, 0.15) is 30.0 Å². The molecule has 0 aromatic heterocycles. The van der Waals surface area contributed by atoms with Gasteiger partial charge in [-0.3, -0.25) is 0 Å². The van der Waals surface area contributed by atoms with Gasteiger partial charge in [0.25, 0.3) is 0 Å². The summed E-state index contributed by atoms with van der Waals surface area (Å²) in [6, 6.07) is 34.5. The van der Waals surface area contributed by atoms with Crippen LogP contribution in [-0.4, -0.2) is 101 Å². The summed E-state index contributed by atoms with van der Waals surface area (Å²) in [6.45, 7) is 4.78. The fourth-order valence-electron chi connectivity index (χ4n) is 6.69. The molecule has 9 nitrogen and oxygen atoms in total. The Kier molecular flexibility index (Phi) is 15.1. The molecule has 2 amide bonds. The van der Waals surface area contributed by atoms with Gasteiger partial charge in [-0.25, -0.2) is 4.79 Å². The minimum absolute atomic E-state index is 0.0214. The van der Waals surface area contributed by atoms with E-state index in [1.54, 1.807) is 14.2 Å². The largest absolute Gasteiger partial charge is 0.382 e. The van der Waals surface area contributed by atoms with Gasteiger partial charge in [0.15, 0.2) is 0 Å². The fourth-order valence-corrected chi connectivity index (χ4v) is 6.69. The second-order valence-corrected chi connectivity index (χ2v) is 12.6. The molecule has 4 aromatic carbocycles. The van der Waals surface area contributed by atoms with Gasteiger partial charge in [0.1, 0.15) is 25.8 Å².